The number of amides is 3. The number of benzene rings is 3. The number of urea groups is 1. The van der Waals surface area contributed by atoms with Crippen LogP contribution in [0.2, 0.25) is 0 Å². The van der Waals surface area contributed by atoms with Gasteiger partial charge in [0.2, 0.25) is 0 Å². The normalized spacial score (nSPS) is 21.9. The second-order valence-corrected chi connectivity index (χ2v) is 8.70. The third-order valence-corrected chi connectivity index (χ3v) is 7.06. The van der Waals surface area contributed by atoms with Crippen LogP contribution in [0.1, 0.15) is 29.7 Å². The van der Waals surface area contributed by atoms with Crippen LogP contribution < -0.4 is 9.64 Å². The first kappa shape index (κ1) is 19.6. The van der Waals surface area contributed by atoms with Gasteiger partial charge in [-0.05, 0) is 36.8 Å². The molecule has 0 radical (unpaired) electrons. The van der Waals surface area contributed by atoms with E-state index in [1.807, 2.05) is 67.6 Å². The number of nitrogens with one attached hydrogen (secondary N) is 1. The summed E-state index contributed by atoms with van der Waals surface area (Å²) in [5.41, 5.74) is 3.21. The van der Waals surface area contributed by atoms with Gasteiger partial charge in [-0.3, -0.25) is 4.79 Å². The molecule has 6 heteroatoms. The van der Waals surface area contributed by atoms with Crippen LogP contribution in [0.25, 0.3) is 10.9 Å². The van der Waals surface area contributed by atoms with E-state index in [9.17, 15) is 9.59 Å². The summed E-state index contributed by atoms with van der Waals surface area (Å²) in [7, 11) is 1.66. The lowest BCUT2D eigenvalue weighted by Crippen LogP contribution is -2.50. The molecule has 1 saturated heterocycles. The molecule has 1 fully saturated rings. The van der Waals surface area contributed by atoms with Crippen LogP contribution in [0.4, 0.5) is 10.5 Å². The number of H-pyrrole nitrogens is 1. The maximum Gasteiger partial charge on any atom is 0.332 e. The van der Waals surface area contributed by atoms with Crippen LogP contribution in [0.3, 0.4) is 0 Å². The number of ether oxygens (including phenoxy) is 1. The number of carbonyl (C=O) groups is 2. The zero-order chi connectivity index (χ0) is 22.7. The van der Waals surface area contributed by atoms with E-state index < -0.39 is 5.54 Å². The van der Waals surface area contributed by atoms with E-state index in [-0.39, 0.29) is 17.9 Å². The number of aromatic amines is 1. The van der Waals surface area contributed by atoms with Crippen LogP contribution in [-0.2, 0) is 10.3 Å². The topological polar surface area (TPSA) is 65.6 Å². The number of nitrogens with zero attached hydrogens (tertiary/aromatic N) is 2. The number of methoxy groups -OCH3 is 1. The number of fused-ring (bicyclic) bond motifs is 5. The van der Waals surface area contributed by atoms with Gasteiger partial charge in [0.15, 0.2) is 5.54 Å². The predicted octanol–water partition coefficient (Wildman–Crippen LogP) is 5.01. The zero-order valence-corrected chi connectivity index (χ0v) is 18.4. The van der Waals surface area contributed by atoms with Gasteiger partial charge in [-0.25, -0.2) is 9.69 Å². The van der Waals surface area contributed by atoms with Crippen LogP contribution in [0, 0.1) is 0 Å². The number of hydrogen-bond acceptors (Lipinski definition) is 3. The largest absolute Gasteiger partial charge is 0.496 e. The van der Waals surface area contributed by atoms with Crippen molar-refractivity contribution in [2.45, 2.75) is 18.4 Å². The summed E-state index contributed by atoms with van der Waals surface area (Å²) in [5.74, 6) is 0.373. The summed E-state index contributed by atoms with van der Waals surface area (Å²) >= 11 is 0. The highest BCUT2D eigenvalue weighted by Gasteiger charge is 2.60. The Kier molecular flexibility index (Phi) is 4.14. The Hall–Kier alpha value is -4.06. The first-order chi connectivity index (χ1) is 16.1. The smallest absolute Gasteiger partial charge is 0.332 e. The first-order valence-corrected chi connectivity index (χ1v) is 11.0. The van der Waals surface area contributed by atoms with Gasteiger partial charge in [-0.1, -0.05) is 54.6 Å². The van der Waals surface area contributed by atoms with Crippen LogP contribution in [0.15, 0.2) is 78.9 Å². The van der Waals surface area contributed by atoms with Gasteiger partial charge in [-0.2, -0.15) is 0 Å². The third-order valence-electron chi connectivity index (χ3n) is 7.06. The van der Waals surface area contributed by atoms with E-state index >= 15 is 0 Å². The fraction of sp³-hybridized carbons (Fsp3) is 0.185. The minimum atomic E-state index is -1.13. The minimum absolute atomic E-state index is 0.146. The number of rotatable bonds is 3. The Morgan fingerprint density at radius 3 is 2.42 bits per heavy atom. The Morgan fingerprint density at radius 2 is 1.64 bits per heavy atom. The molecule has 0 bridgehead atoms. The first-order valence-electron chi connectivity index (χ1n) is 11.0. The predicted molar refractivity (Wildman–Crippen MR) is 127 cm³/mol. The molecule has 3 aromatic carbocycles. The second-order valence-electron chi connectivity index (χ2n) is 8.70. The molecule has 2 atom stereocenters. The molecule has 2 aliphatic heterocycles. The molecule has 0 saturated carbocycles. The zero-order valence-electron chi connectivity index (χ0n) is 18.4. The van der Waals surface area contributed by atoms with Crippen molar-refractivity contribution in [2.24, 2.45) is 0 Å². The van der Waals surface area contributed by atoms with Gasteiger partial charge in [0.05, 0.1) is 18.5 Å². The minimum Gasteiger partial charge on any atom is -0.496 e. The van der Waals surface area contributed by atoms with Crippen LogP contribution in [-0.4, -0.2) is 35.5 Å². The maximum absolute atomic E-state index is 13.9. The summed E-state index contributed by atoms with van der Waals surface area (Å²) in [6, 6.07) is 24.8. The fourth-order valence-corrected chi connectivity index (χ4v) is 5.43. The second kappa shape index (κ2) is 6.97. The van der Waals surface area contributed by atoms with Gasteiger partial charge in [-0.15, -0.1) is 0 Å². The number of hydrogen-bond donors (Lipinski definition) is 1. The SMILES string of the molecule is COc1ccccc1[C@@H]1CN2C(=O)N(c3ccccc3)C(=O)[C@]2(C)c2[nH]c3ccccc3c21. The van der Waals surface area contributed by atoms with Crippen molar-refractivity contribution in [3.63, 3.8) is 0 Å². The van der Waals surface area contributed by atoms with E-state index in [4.69, 9.17) is 4.74 Å². The van der Waals surface area contributed by atoms with E-state index in [1.165, 1.54) is 4.90 Å². The summed E-state index contributed by atoms with van der Waals surface area (Å²) in [6.45, 7) is 2.22. The van der Waals surface area contributed by atoms with Crippen molar-refractivity contribution < 1.29 is 14.3 Å². The van der Waals surface area contributed by atoms with E-state index in [1.54, 1.807) is 24.1 Å². The van der Waals surface area contributed by atoms with Gasteiger partial charge in [0.1, 0.15) is 5.75 Å². The van der Waals surface area contributed by atoms with Crippen molar-refractivity contribution in [1.82, 2.24) is 9.88 Å². The fourth-order valence-electron chi connectivity index (χ4n) is 5.43. The number of para-hydroxylation sites is 3. The van der Waals surface area contributed by atoms with Crippen molar-refractivity contribution in [3.8, 4) is 5.75 Å². The van der Waals surface area contributed by atoms with Crippen molar-refractivity contribution in [1.29, 1.82) is 0 Å². The molecular formula is C27H23N3O3. The molecule has 0 unspecified atom stereocenters. The number of anilines is 1. The molecule has 2 aliphatic rings. The van der Waals surface area contributed by atoms with E-state index in [0.29, 0.717) is 12.2 Å². The molecule has 0 aliphatic carbocycles. The Labute approximate surface area is 191 Å². The molecule has 3 amide bonds. The molecule has 6 rings (SSSR count). The highest BCUT2D eigenvalue weighted by atomic mass is 16.5. The van der Waals surface area contributed by atoms with E-state index in [0.717, 1.165) is 33.5 Å². The van der Waals surface area contributed by atoms with Crippen LogP contribution >= 0.6 is 0 Å². The number of carbonyl (C=O) groups excluding carboxylic acids is 2. The molecule has 33 heavy (non-hydrogen) atoms. The molecule has 3 heterocycles. The quantitative estimate of drug-likeness (QED) is 0.459. The van der Waals surface area contributed by atoms with E-state index in [2.05, 4.69) is 11.1 Å². The highest BCUT2D eigenvalue weighted by Crippen LogP contribution is 2.51. The number of aromatic nitrogens is 1. The Morgan fingerprint density at radius 1 is 0.939 bits per heavy atom. The lowest BCUT2D eigenvalue weighted by atomic mass is 9.78. The lowest BCUT2D eigenvalue weighted by molar-refractivity contribution is -0.125. The van der Waals surface area contributed by atoms with Crippen LogP contribution in [0.5, 0.6) is 5.75 Å². The summed E-state index contributed by atoms with van der Waals surface area (Å²) in [6.07, 6.45) is 0. The standard InChI is InChI=1S/C27H23N3O3/c1-27-24-23(19-13-6-8-14-21(19)28-24)20(18-12-7-9-15-22(18)33-2)16-29(27)26(32)30(25(27)31)17-10-4-3-5-11-17/h3-15,20,28H,16H2,1-2H3/t20-,27-/m0/s1. The third kappa shape index (κ3) is 2.55. The molecule has 6 nitrogen and oxygen atoms in total. The van der Waals surface area contributed by atoms with Crippen molar-refractivity contribution >= 4 is 28.5 Å². The summed E-state index contributed by atoms with van der Waals surface area (Å²) < 4.78 is 5.69. The number of imide groups is 1. The Balaban J connectivity index is 1.61. The van der Waals surface area contributed by atoms with Crippen molar-refractivity contribution in [3.05, 3.63) is 95.7 Å². The molecular weight excluding hydrogens is 414 g/mol. The van der Waals surface area contributed by atoms with Crippen molar-refractivity contribution in [2.75, 3.05) is 18.6 Å². The molecule has 164 valence electrons. The van der Waals surface area contributed by atoms with Gasteiger partial charge in [0.25, 0.3) is 5.91 Å². The average Bonchev–Trinajstić information content (AvgIpc) is 3.34. The molecule has 1 N–H and O–H groups in total. The monoisotopic (exact) mass is 437 g/mol. The highest BCUT2D eigenvalue weighted by molar-refractivity contribution is 6.23. The van der Waals surface area contributed by atoms with Gasteiger partial charge < -0.3 is 14.6 Å². The Bertz CT molecular complexity index is 1410. The molecule has 0 spiro atoms. The summed E-state index contributed by atoms with van der Waals surface area (Å²) in [5, 5.41) is 1.06. The summed E-state index contributed by atoms with van der Waals surface area (Å²) in [4.78, 5) is 34.1. The lowest BCUT2D eigenvalue weighted by Gasteiger charge is -2.40. The molecule has 1 aromatic heterocycles. The maximum atomic E-state index is 13.9. The average molecular weight is 437 g/mol. The van der Waals surface area contributed by atoms with Gasteiger partial charge >= 0.3 is 6.03 Å². The molecule has 4 aromatic rings. The van der Waals surface area contributed by atoms with Gasteiger partial charge in [0, 0.05) is 28.9 Å².